The average molecular weight is 445 g/mol. The number of carbonyl (C=O) groups excluding carboxylic acids is 1. The number of ether oxygens (including phenoxy) is 3. The van der Waals surface area contributed by atoms with E-state index in [1.54, 1.807) is 24.3 Å². The fraction of sp³-hybridized carbons (Fsp3) is 0.391. The van der Waals surface area contributed by atoms with Crippen LogP contribution in [0, 0.1) is 11.6 Å². The number of primary amides is 1. The molecular weight excluding hydrogens is 420 g/mol. The zero-order valence-corrected chi connectivity index (χ0v) is 17.5. The lowest BCUT2D eigenvalue weighted by Crippen LogP contribution is -2.37. The highest BCUT2D eigenvalue weighted by atomic mass is 19.1. The first-order valence-electron chi connectivity index (χ1n) is 10.5. The van der Waals surface area contributed by atoms with Gasteiger partial charge >= 0.3 is 0 Å². The van der Waals surface area contributed by atoms with E-state index in [0.29, 0.717) is 17.9 Å². The number of morpholine rings is 1. The third-order valence-corrected chi connectivity index (χ3v) is 5.45. The summed E-state index contributed by atoms with van der Waals surface area (Å²) < 4.78 is 45.1. The molecule has 2 unspecified atom stereocenters. The summed E-state index contributed by atoms with van der Waals surface area (Å²) >= 11 is 0. The maximum Gasteiger partial charge on any atom is 0.246 e. The van der Waals surface area contributed by atoms with Gasteiger partial charge in [-0.1, -0.05) is 18.2 Å². The van der Waals surface area contributed by atoms with Crippen molar-refractivity contribution >= 4 is 11.8 Å². The molecule has 0 saturated carbocycles. The Morgan fingerprint density at radius 2 is 1.81 bits per heavy atom. The van der Waals surface area contributed by atoms with Crippen LogP contribution in [0.1, 0.15) is 23.7 Å². The zero-order valence-electron chi connectivity index (χ0n) is 17.5. The van der Waals surface area contributed by atoms with Gasteiger partial charge in [-0.2, -0.15) is 0 Å². The number of aliphatic imine (C=N–C) groups is 1. The lowest BCUT2D eigenvalue weighted by atomic mass is 10.0. The van der Waals surface area contributed by atoms with Crippen LogP contribution in [-0.2, 0) is 14.3 Å². The number of benzene rings is 2. The molecule has 1 amide bonds. The minimum absolute atomic E-state index is 0.280. The molecule has 2 aliphatic rings. The van der Waals surface area contributed by atoms with Crippen LogP contribution in [0.2, 0.25) is 0 Å². The van der Waals surface area contributed by atoms with Gasteiger partial charge in [0.2, 0.25) is 11.8 Å². The van der Waals surface area contributed by atoms with Crippen molar-refractivity contribution < 1.29 is 27.8 Å². The van der Waals surface area contributed by atoms with Crippen LogP contribution in [0.15, 0.2) is 47.5 Å². The molecule has 4 rings (SSSR count). The molecule has 0 bridgehead atoms. The molecule has 2 aliphatic heterocycles. The maximum absolute atomic E-state index is 14.1. The van der Waals surface area contributed by atoms with Crippen molar-refractivity contribution in [3.05, 3.63) is 65.2 Å². The Kier molecular flexibility index (Phi) is 6.96. The van der Waals surface area contributed by atoms with Crippen molar-refractivity contribution in [3.63, 3.8) is 0 Å². The van der Waals surface area contributed by atoms with E-state index in [1.807, 2.05) is 0 Å². The van der Waals surface area contributed by atoms with E-state index >= 15 is 0 Å². The van der Waals surface area contributed by atoms with Crippen LogP contribution in [0.5, 0.6) is 5.75 Å². The van der Waals surface area contributed by atoms with Gasteiger partial charge in [0.15, 0.2) is 12.1 Å². The summed E-state index contributed by atoms with van der Waals surface area (Å²) in [4.78, 5) is 18.3. The monoisotopic (exact) mass is 445 g/mol. The number of carbonyl (C=O) groups is 1. The quantitative estimate of drug-likeness (QED) is 0.631. The second-order valence-electron chi connectivity index (χ2n) is 7.64. The van der Waals surface area contributed by atoms with Gasteiger partial charge in [0.25, 0.3) is 0 Å². The second kappa shape index (κ2) is 10.1. The van der Waals surface area contributed by atoms with Gasteiger partial charge in [-0.05, 0) is 36.2 Å². The molecule has 1 saturated heterocycles. The van der Waals surface area contributed by atoms with Crippen molar-refractivity contribution in [2.75, 3.05) is 39.5 Å². The molecule has 2 heterocycles. The van der Waals surface area contributed by atoms with Gasteiger partial charge in [0.1, 0.15) is 22.9 Å². The molecule has 0 spiro atoms. The van der Waals surface area contributed by atoms with Crippen molar-refractivity contribution in [2.45, 2.75) is 18.6 Å². The number of hydrogen-bond donors (Lipinski definition) is 1. The first kappa shape index (κ1) is 22.2. The molecule has 2 aromatic rings. The average Bonchev–Trinajstić information content (AvgIpc) is 3.23. The first-order chi connectivity index (χ1) is 15.5. The van der Waals surface area contributed by atoms with Crippen LogP contribution in [0.25, 0.3) is 0 Å². The van der Waals surface area contributed by atoms with Crippen molar-refractivity contribution in [3.8, 4) is 5.75 Å². The summed E-state index contributed by atoms with van der Waals surface area (Å²) in [6, 6.07) is 9.32. The van der Waals surface area contributed by atoms with Gasteiger partial charge in [-0.15, -0.1) is 0 Å². The highest BCUT2D eigenvalue weighted by molar-refractivity contribution is 5.99. The van der Waals surface area contributed by atoms with E-state index in [9.17, 15) is 13.6 Å². The van der Waals surface area contributed by atoms with Crippen LogP contribution >= 0.6 is 0 Å². The highest BCUT2D eigenvalue weighted by Gasteiger charge is 2.38. The van der Waals surface area contributed by atoms with E-state index < -0.39 is 35.3 Å². The van der Waals surface area contributed by atoms with Gasteiger partial charge in [-0.25, -0.2) is 13.8 Å². The van der Waals surface area contributed by atoms with Crippen molar-refractivity contribution in [1.82, 2.24) is 4.90 Å². The Bertz CT molecular complexity index is 957. The molecule has 32 heavy (non-hydrogen) atoms. The Balaban J connectivity index is 1.38. The Hall–Kier alpha value is -3.04. The summed E-state index contributed by atoms with van der Waals surface area (Å²) in [6.07, 6.45) is 0.0136. The largest absolute Gasteiger partial charge is 0.494 e. The molecule has 9 heteroatoms. The van der Waals surface area contributed by atoms with Gasteiger partial charge in [-0.3, -0.25) is 9.69 Å². The van der Waals surface area contributed by atoms with Crippen molar-refractivity contribution in [1.29, 1.82) is 0 Å². The lowest BCUT2D eigenvalue weighted by molar-refractivity contribution is -0.120. The van der Waals surface area contributed by atoms with E-state index in [0.717, 1.165) is 51.4 Å². The summed E-state index contributed by atoms with van der Waals surface area (Å²) in [5, 5.41) is 0. The molecule has 2 aromatic carbocycles. The van der Waals surface area contributed by atoms with Crippen LogP contribution < -0.4 is 10.5 Å². The number of halogens is 2. The SMILES string of the molecule is NC(=O)C1N=C(c2c(F)cccc2F)OC1c1ccc(OCCCN2CCOCC2)cc1. The Labute approximate surface area is 184 Å². The molecule has 7 nitrogen and oxygen atoms in total. The van der Waals surface area contributed by atoms with Gasteiger partial charge < -0.3 is 19.9 Å². The molecular formula is C23H25F2N3O4. The molecule has 0 aliphatic carbocycles. The Morgan fingerprint density at radius 3 is 2.47 bits per heavy atom. The molecule has 1 fully saturated rings. The zero-order chi connectivity index (χ0) is 22.5. The van der Waals surface area contributed by atoms with E-state index in [2.05, 4.69) is 9.89 Å². The summed E-state index contributed by atoms with van der Waals surface area (Å²) in [7, 11) is 0. The number of rotatable bonds is 8. The number of amides is 1. The van der Waals surface area contributed by atoms with E-state index in [1.165, 1.54) is 6.07 Å². The summed E-state index contributed by atoms with van der Waals surface area (Å²) in [5.41, 5.74) is 5.65. The topological polar surface area (TPSA) is 86.4 Å². The third-order valence-electron chi connectivity index (χ3n) is 5.45. The maximum atomic E-state index is 14.1. The molecule has 0 radical (unpaired) electrons. The highest BCUT2D eigenvalue weighted by Crippen LogP contribution is 2.33. The summed E-state index contributed by atoms with van der Waals surface area (Å²) in [5.74, 6) is -2.00. The van der Waals surface area contributed by atoms with Crippen molar-refractivity contribution in [2.24, 2.45) is 10.7 Å². The first-order valence-corrected chi connectivity index (χ1v) is 10.5. The number of nitrogens with two attached hydrogens (primary N) is 1. The van der Waals surface area contributed by atoms with Crippen LogP contribution in [0.3, 0.4) is 0 Å². The second-order valence-corrected chi connectivity index (χ2v) is 7.64. The smallest absolute Gasteiger partial charge is 0.246 e. The van der Waals surface area contributed by atoms with E-state index in [-0.39, 0.29) is 5.90 Å². The number of nitrogens with zero attached hydrogens (tertiary/aromatic N) is 2. The lowest BCUT2D eigenvalue weighted by Gasteiger charge is -2.26. The predicted octanol–water partition coefficient (Wildman–Crippen LogP) is 2.44. The molecule has 0 aromatic heterocycles. The number of hydrogen-bond acceptors (Lipinski definition) is 6. The fourth-order valence-electron chi connectivity index (χ4n) is 3.75. The minimum atomic E-state index is -1.09. The molecule has 170 valence electrons. The van der Waals surface area contributed by atoms with Crippen LogP contribution in [-0.4, -0.2) is 62.2 Å². The third kappa shape index (κ3) is 5.05. The molecule has 2 N–H and O–H groups in total. The Morgan fingerprint density at radius 1 is 1.12 bits per heavy atom. The van der Waals surface area contributed by atoms with Crippen LogP contribution in [0.4, 0.5) is 8.78 Å². The molecule has 2 atom stereocenters. The minimum Gasteiger partial charge on any atom is -0.494 e. The normalized spacial score (nSPS) is 21.1. The van der Waals surface area contributed by atoms with Gasteiger partial charge in [0.05, 0.1) is 19.8 Å². The van der Waals surface area contributed by atoms with Gasteiger partial charge in [0, 0.05) is 19.6 Å². The standard InChI is InChI=1S/C23H25F2N3O4/c24-17-3-1-4-18(25)19(17)23-27-20(22(26)29)21(32-23)15-5-7-16(8-6-15)31-12-2-9-28-10-13-30-14-11-28/h1,3-8,20-21H,2,9-14H2,(H2,26,29). The summed E-state index contributed by atoms with van der Waals surface area (Å²) in [6.45, 7) is 4.94. The predicted molar refractivity (Wildman–Crippen MR) is 114 cm³/mol. The fourth-order valence-corrected chi connectivity index (χ4v) is 3.75. The van der Waals surface area contributed by atoms with E-state index in [4.69, 9.17) is 19.9 Å².